The number of fused-ring (bicyclic) bond motifs is 1. The lowest BCUT2D eigenvalue weighted by molar-refractivity contribution is -0.131. The number of hydrogen-bond acceptors (Lipinski definition) is 9. The second-order valence-electron chi connectivity index (χ2n) is 12.7. The van der Waals surface area contributed by atoms with Crippen LogP contribution in [0.25, 0.3) is 0 Å². The van der Waals surface area contributed by atoms with Crippen molar-refractivity contribution in [2.24, 2.45) is 0 Å². The Morgan fingerprint density at radius 1 is 1.11 bits per heavy atom. The highest BCUT2D eigenvalue weighted by molar-refractivity contribution is 8.00. The molecule has 2 heterocycles. The first-order chi connectivity index (χ1) is 22.6. The maximum atomic E-state index is 13.5. The maximum Gasteiger partial charge on any atom is 0.407 e. The minimum atomic E-state index is -0.911. The van der Waals surface area contributed by atoms with Crippen LogP contribution in [-0.4, -0.2) is 104 Å². The van der Waals surface area contributed by atoms with Crippen LogP contribution < -0.4 is 26.6 Å². The molecule has 4 amide bonds. The number of nitrogens with one attached hydrogen (secondary N) is 5. The number of amides is 4. The third-order valence-electron chi connectivity index (χ3n) is 9.12. The van der Waals surface area contributed by atoms with E-state index in [0.29, 0.717) is 48.8 Å². The van der Waals surface area contributed by atoms with Gasteiger partial charge in [0.15, 0.2) is 11.6 Å². The van der Waals surface area contributed by atoms with E-state index in [1.807, 2.05) is 25.7 Å². The molecule has 47 heavy (non-hydrogen) atoms. The number of carbonyl (C=O) groups excluding carboxylic acids is 4. The standard InChI is InChI=1S/C32H48F2N6O6S/c1-32(8-7-23(15-32)37-16-29(43)40-17-21-13-24(33)25(34)14-22(21)18-40)39-31(44)46-12-11-45-10-9-36-28(42)6-4-3-5-27-30(35-2)26(19-47-27)38-20-41/h13-14,20,23,26-27,30,35,37H,3-12,15-19H2,1-2H3,(H,36,42)(H,38,41)(H,39,44). The maximum absolute atomic E-state index is 13.5. The second-order valence-corrected chi connectivity index (χ2v) is 14.0. The number of alkyl carbamates (subject to hydrolysis) is 1. The zero-order valence-electron chi connectivity index (χ0n) is 27.2. The fraction of sp³-hybridized carbons (Fsp3) is 0.688. The van der Waals surface area contributed by atoms with Gasteiger partial charge in [0.1, 0.15) is 6.61 Å². The molecule has 262 valence electrons. The summed E-state index contributed by atoms with van der Waals surface area (Å²) in [6.07, 6.45) is 5.49. The molecule has 5 atom stereocenters. The van der Waals surface area contributed by atoms with Crippen LogP contribution in [0.4, 0.5) is 13.6 Å². The Morgan fingerprint density at radius 3 is 2.55 bits per heavy atom. The lowest BCUT2D eigenvalue weighted by atomic mass is 10.0. The molecule has 0 spiro atoms. The van der Waals surface area contributed by atoms with E-state index in [0.717, 1.165) is 50.0 Å². The molecule has 5 N–H and O–H groups in total. The average Bonchev–Trinajstić information content (AvgIpc) is 3.74. The van der Waals surface area contributed by atoms with Gasteiger partial charge in [-0.1, -0.05) is 6.42 Å². The predicted octanol–water partition coefficient (Wildman–Crippen LogP) is 1.95. The molecule has 3 aliphatic rings. The minimum Gasteiger partial charge on any atom is -0.447 e. The van der Waals surface area contributed by atoms with Crippen molar-refractivity contribution in [3.05, 3.63) is 34.9 Å². The third-order valence-corrected chi connectivity index (χ3v) is 10.6. The first-order valence-electron chi connectivity index (χ1n) is 16.4. The van der Waals surface area contributed by atoms with Gasteiger partial charge in [-0.25, -0.2) is 13.6 Å². The lowest BCUT2D eigenvalue weighted by Gasteiger charge is -2.26. The Balaban J connectivity index is 0.986. The van der Waals surface area contributed by atoms with Gasteiger partial charge >= 0.3 is 6.09 Å². The Morgan fingerprint density at radius 2 is 1.85 bits per heavy atom. The van der Waals surface area contributed by atoms with Crippen molar-refractivity contribution in [2.45, 2.75) is 93.9 Å². The fourth-order valence-corrected chi connectivity index (χ4v) is 8.21. The minimum absolute atomic E-state index is 0.0223. The molecule has 1 aromatic carbocycles. The summed E-state index contributed by atoms with van der Waals surface area (Å²) in [4.78, 5) is 49.6. The number of carbonyl (C=O) groups is 4. The number of unbranched alkanes of at least 4 members (excludes halogenated alkanes) is 1. The van der Waals surface area contributed by atoms with Gasteiger partial charge in [0.25, 0.3) is 0 Å². The van der Waals surface area contributed by atoms with E-state index in [-0.39, 0.29) is 62.8 Å². The van der Waals surface area contributed by atoms with Crippen LogP contribution in [0.3, 0.4) is 0 Å². The van der Waals surface area contributed by atoms with Gasteiger partial charge in [0.05, 0.1) is 25.8 Å². The Kier molecular flexibility index (Phi) is 14.1. The quantitative estimate of drug-likeness (QED) is 0.116. The molecule has 1 aromatic rings. The van der Waals surface area contributed by atoms with Gasteiger partial charge in [0, 0.05) is 54.7 Å². The van der Waals surface area contributed by atoms with Crippen molar-refractivity contribution in [3.8, 4) is 0 Å². The molecule has 12 nitrogen and oxygen atoms in total. The summed E-state index contributed by atoms with van der Waals surface area (Å²) in [5, 5.41) is 15.6. The van der Waals surface area contributed by atoms with Gasteiger partial charge in [-0.05, 0) is 69.3 Å². The predicted molar refractivity (Wildman–Crippen MR) is 174 cm³/mol. The molecule has 1 aliphatic carbocycles. The molecular formula is C32H48F2N6O6S. The van der Waals surface area contributed by atoms with Crippen LogP contribution >= 0.6 is 11.8 Å². The molecule has 0 radical (unpaired) electrons. The molecule has 2 fully saturated rings. The largest absolute Gasteiger partial charge is 0.447 e. The molecule has 0 bridgehead atoms. The lowest BCUT2D eigenvalue weighted by Crippen LogP contribution is -2.48. The van der Waals surface area contributed by atoms with E-state index >= 15 is 0 Å². The summed E-state index contributed by atoms with van der Waals surface area (Å²) in [6, 6.07) is 2.70. The van der Waals surface area contributed by atoms with Crippen LogP contribution in [0.1, 0.15) is 63.0 Å². The highest BCUT2D eigenvalue weighted by Gasteiger charge is 2.37. The SMILES string of the molecule is CNC1C(NC=O)CSC1CCCCC(=O)NCCOCCOC(=O)NC1(C)CCC(NCC(=O)N2Cc3cc(F)c(F)cc3C2)C1. The summed E-state index contributed by atoms with van der Waals surface area (Å²) in [6.45, 7) is 3.51. The van der Waals surface area contributed by atoms with Gasteiger partial charge < -0.3 is 41.0 Å². The highest BCUT2D eigenvalue weighted by Crippen LogP contribution is 2.32. The average molecular weight is 683 g/mol. The summed E-state index contributed by atoms with van der Waals surface area (Å²) in [5.74, 6) is -1.10. The molecule has 1 saturated carbocycles. The van der Waals surface area contributed by atoms with E-state index < -0.39 is 23.3 Å². The fourth-order valence-electron chi connectivity index (χ4n) is 6.58. The van der Waals surface area contributed by atoms with Crippen LogP contribution in [0.2, 0.25) is 0 Å². The van der Waals surface area contributed by atoms with Crippen LogP contribution in [0.15, 0.2) is 12.1 Å². The summed E-state index contributed by atoms with van der Waals surface area (Å²) in [7, 11) is 1.91. The van der Waals surface area contributed by atoms with E-state index in [4.69, 9.17) is 9.47 Å². The molecule has 5 unspecified atom stereocenters. The number of benzene rings is 1. The highest BCUT2D eigenvalue weighted by atomic mass is 32.2. The zero-order valence-corrected chi connectivity index (χ0v) is 28.0. The van der Waals surface area contributed by atoms with E-state index in [1.165, 1.54) is 0 Å². The smallest absolute Gasteiger partial charge is 0.407 e. The van der Waals surface area contributed by atoms with E-state index in [2.05, 4.69) is 26.6 Å². The van der Waals surface area contributed by atoms with Crippen molar-refractivity contribution in [1.82, 2.24) is 31.5 Å². The van der Waals surface area contributed by atoms with Crippen molar-refractivity contribution in [2.75, 3.05) is 45.7 Å². The number of thioether (sulfide) groups is 1. The van der Waals surface area contributed by atoms with Crippen LogP contribution in [0, 0.1) is 11.6 Å². The Labute approximate surface area is 279 Å². The van der Waals surface area contributed by atoms with Crippen LogP contribution in [-0.2, 0) is 36.9 Å². The monoisotopic (exact) mass is 682 g/mol. The van der Waals surface area contributed by atoms with Crippen LogP contribution in [0.5, 0.6) is 0 Å². The van der Waals surface area contributed by atoms with Crippen molar-refractivity contribution >= 4 is 36.1 Å². The number of hydrogen-bond donors (Lipinski definition) is 5. The molecular weight excluding hydrogens is 634 g/mol. The number of ether oxygens (including phenoxy) is 2. The van der Waals surface area contributed by atoms with E-state index in [9.17, 15) is 28.0 Å². The second kappa shape index (κ2) is 17.9. The number of nitrogens with zero attached hydrogens (tertiary/aromatic N) is 1. The number of rotatable bonds is 18. The first kappa shape index (κ1) is 36.8. The number of halogens is 2. The van der Waals surface area contributed by atoms with Crippen molar-refractivity contribution in [1.29, 1.82) is 0 Å². The molecule has 2 aliphatic heterocycles. The topological polar surface area (TPSA) is 150 Å². The third kappa shape index (κ3) is 11.0. The number of likely N-dealkylation sites (N-methyl/N-ethyl adjacent to an activating group) is 1. The Bertz CT molecular complexity index is 1220. The van der Waals surface area contributed by atoms with Gasteiger partial charge in [-0.2, -0.15) is 11.8 Å². The Hall–Kier alpha value is -3.01. The molecule has 15 heteroatoms. The van der Waals surface area contributed by atoms with E-state index in [1.54, 1.807) is 4.90 Å². The van der Waals surface area contributed by atoms with Gasteiger partial charge in [-0.15, -0.1) is 0 Å². The molecule has 4 rings (SSSR count). The normalized spacial score (nSPS) is 25.0. The summed E-state index contributed by atoms with van der Waals surface area (Å²) >= 11 is 1.85. The van der Waals surface area contributed by atoms with Gasteiger partial charge in [0.2, 0.25) is 18.2 Å². The molecule has 0 aromatic heterocycles. The zero-order chi connectivity index (χ0) is 33.8. The van der Waals surface area contributed by atoms with Crippen molar-refractivity contribution in [3.63, 3.8) is 0 Å². The van der Waals surface area contributed by atoms with Gasteiger partial charge in [-0.3, -0.25) is 14.4 Å². The summed E-state index contributed by atoms with van der Waals surface area (Å²) < 4.78 is 37.8. The summed E-state index contributed by atoms with van der Waals surface area (Å²) in [5.41, 5.74) is 0.758. The molecule has 1 saturated heterocycles. The first-order valence-corrected chi connectivity index (χ1v) is 17.4. The van der Waals surface area contributed by atoms with Crippen molar-refractivity contribution < 1.29 is 37.4 Å².